The van der Waals surface area contributed by atoms with Crippen molar-refractivity contribution in [1.82, 2.24) is 15.5 Å². The zero-order chi connectivity index (χ0) is 25.7. The lowest BCUT2D eigenvalue weighted by Gasteiger charge is -2.28. The van der Waals surface area contributed by atoms with Crippen LogP contribution in [0.5, 0.6) is 5.75 Å². The van der Waals surface area contributed by atoms with E-state index in [1.54, 1.807) is 12.1 Å². The molecule has 1 N–H and O–H groups in total. The highest BCUT2D eigenvalue weighted by atomic mass is 16.5. The number of fused-ring (bicyclic) bond motifs is 1. The van der Waals surface area contributed by atoms with E-state index in [0.29, 0.717) is 41.7 Å². The molecule has 1 aliphatic heterocycles. The zero-order valence-corrected chi connectivity index (χ0v) is 21.1. The summed E-state index contributed by atoms with van der Waals surface area (Å²) < 4.78 is 16.0. The Hall–Kier alpha value is -3.90. The van der Waals surface area contributed by atoms with Crippen LogP contribution in [-0.2, 0) is 22.5 Å². The monoisotopic (exact) mass is 489 g/mol. The summed E-state index contributed by atoms with van der Waals surface area (Å²) in [7, 11) is 1.40. The summed E-state index contributed by atoms with van der Waals surface area (Å²) in [6.45, 7) is 7.25. The fraction of sp³-hybridized carbons (Fsp3) is 0.407. The third kappa shape index (κ3) is 5.83. The van der Waals surface area contributed by atoms with E-state index < -0.39 is 0 Å². The molecule has 1 aliphatic rings. The Morgan fingerprint density at radius 3 is 2.83 bits per heavy atom. The third-order valence-electron chi connectivity index (χ3n) is 5.98. The molecule has 0 bridgehead atoms. The first kappa shape index (κ1) is 25.2. The van der Waals surface area contributed by atoms with Gasteiger partial charge >= 0.3 is 5.97 Å². The van der Waals surface area contributed by atoms with Gasteiger partial charge in [0.05, 0.1) is 25.2 Å². The number of nitrogens with zero attached hydrogens (tertiary/aromatic N) is 4. The van der Waals surface area contributed by atoms with Crippen molar-refractivity contribution in [3.63, 3.8) is 0 Å². The van der Waals surface area contributed by atoms with E-state index in [1.165, 1.54) is 12.7 Å². The second kappa shape index (κ2) is 11.2. The number of carbonyl (C=O) groups is 1. The van der Waals surface area contributed by atoms with E-state index in [4.69, 9.17) is 14.0 Å². The van der Waals surface area contributed by atoms with Crippen LogP contribution in [0.4, 0.5) is 11.6 Å². The molecule has 36 heavy (non-hydrogen) atoms. The molecule has 9 heteroatoms. The Kier molecular flexibility index (Phi) is 7.86. The maximum Gasteiger partial charge on any atom is 0.307 e. The van der Waals surface area contributed by atoms with Gasteiger partial charge in [0.1, 0.15) is 11.8 Å². The van der Waals surface area contributed by atoms with Crippen molar-refractivity contribution in [2.75, 3.05) is 18.6 Å². The van der Waals surface area contributed by atoms with E-state index in [2.05, 4.69) is 44.6 Å². The Bertz CT molecular complexity index is 1260. The number of nitrogens with one attached hydrogen (secondary N) is 1. The minimum Gasteiger partial charge on any atom is -0.490 e. The van der Waals surface area contributed by atoms with E-state index >= 15 is 0 Å². The van der Waals surface area contributed by atoms with E-state index in [1.807, 2.05) is 26.8 Å². The summed E-state index contributed by atoms with van der Waals surface area (Å²) in [6.07, 6.45) is 2.23. The number of rotatable bonds is 9. The minimum absolute atomic E-state index is 0.0234. The Morgan fingerprint density at radius 2 is 2.08 bits per heavy atom. The smallest absolute Gasteiger partial charge is 0.307 e. The predicted octanol–water partition coefficient (Wildman–Crippen LogP) is 4.52. The van der Waals surface area contributed by atoms with Gasteiger partial charge in [0.25, 0.3) is 11.8 Å². The number of hydrogen-bond acceptors (Lipinski definition) is 9. The SMILES string of the molecule is COC(=O)C[C@@H](C)NCc1ccc2c(c1)CCCN2c1noc(-c2ccc(OC(C)C)c(C#N)c2)n1. The van der Waals surface area contributed by atoms with E-state index in [9.17, 15) is 10.1 Å². The van der Waals surface area contributed by atoms with Gasteiger partial charge in [0, 0.05) is 30.4 Å². The maximum atomic E-state index is 11.5. The average molecular weight is 490 g/mol. The number of aryl methyl sites for hydroxylation is 1. The molecule has 4 rings (SSSR count). The topological polar surface area (TPSA) is 114 Å². The number of carbonyl (C=O) groups excluding carboxylic acids is 1. The van der Waals surface area contributed by atoms with Gasteiger partial charge in [0.2, 0.25) is 0 Å². The fourth-order valence-corrected chi connectivity index (χ4v) is 4.22. The molecule has 0 saturated heterocycles. The van der Waals surface area contributed by atoms with Crippen molar-refractivity contribution in [1.29, 1.82) is 5.26 Å². The van der Waals surface area contributed by atoms with Crippen LogP contribution in [0, 0.1) is 11.3 Å². The summed E-state index contributed by atoms with van der Waals surface area (Å²) in [6, 6.07) is 13.8. The Morgan fingerprint density at radius 1 is 1.25 bits per heavy atom. The molecule has 188 valence electrons. The van der Waals surface area contributed by atoms with Crippen LogP contribution in [0.15, 0.2) is 40.9 Å². The highest BCUT2D eigenvalue weighted by Gasteiger charge is 2.23. The lowest BCUT2D eigenvalue weighted by Crippen LogP contribution is -2.29. The van der Waals surface area contributed by atoms with Crippen LogP contribution in [0.1, 0.15) is 50.3 Å². The van der Waals surface area contributed by atoms with Gasteiger partial charge in [-0.15, -0.1) is 0 Å². The molecule has 0 amide bonds. The summed E-state index contributed by atoms with van der Waals surface area (Å²) >= 11 is 0. The molecule has 3 aromatic rings. The molecule has 9 nitrogen and oxygen atoms in total. The molecular weight excluding hydrogens is 458 g/mol. The lowest BCUT2D eigenvalue weighted by atomic mass is 9.99. The maximum absolute atomic E-state index is 11.5. The highest BCUT2D eigenvalue weighted by molar-refractivity contribution is 5.70. The van der Waals surface area contributed by atoms with Crippen LogP contribution < -0.4 is 15.0 Å². The van der Waals surface area contributed by atoms with Gasteiger partial charge in [-0.25, -0.2) is 0 Å². The Balaban J connectivity index is 1.49. The number of benzene rings is 2. The van der Waals surface area contributed by atoms with Gasteiger partial charge in [-0.3, -0.25) is 4.79 Å². The summed E-state index contributed by atoms with van der Waals surface area (Å²) in [5, 5.41) is 17.1. The van der Waals surface area contributed by atoms with Crippen LogP contribution in [-0.4, -0.2) is 41.9 Å². The van der Waals surface area contributed by atoms with Crippen molar-refractivity contribution in [3.05, 3.63) is 53.1 Å². The van der Waals surface area contributed by atoms with E-state index in [-0.39, 0.29) is 18.1 Å². The summed E-state index contributed by atoms with van der Waals surface area (Å²) in [4.78, 5) is 18.2. The molecule has 0 saturated carbocycles. The Labute approximate surface area is 211 Å². The van der Waals surface area contributed by atoms with Gasteiger partial charge in [0.15, 0.2) is 0 Å². The zero-order valence-electron chi connectivity index (χ0n) is 21.1. The van der Waals surface area contributed by atoms with Crippen molar-refractivity contribution in [3.8, 4) is 23.3 Å². The second-order valence-corrected chi connectivity index (χ2v) is 9.17. The standard InChI is InChI=1S/C27H31N5O4/c1-17(2)35-24-10-8-21(14-22(24)15-28)26-30-27(31-36-26)32-11-5-6-20-13-19(7-9-23(20)32)16-29-18(3)12-25(33)34-4/h7-10,13-14,17-18,29H,5-6,11-12,16H2,1-4H3/t18-/m1/s1. The van der Waals surface area contributed by atoms with Crippen LogP contribution in [0.2, 0.25) is 0 Å². The highest BCUT2D eigenvalue weighted by Crippen LogP contribution is 2.34. The number of esters is 1. The van der Waals surface area contributed by atoms with Gasteiger partial charge in [-0.1, -0.05) is 12.1 Å². The quantitative estimate of drug-likeness (QED) is 0.433. The first-order chi connectivity index (χ1) is 17.4. The molecule has 1 aromatic heterocycles. The first-order valence-corrected chi connectivity index (χ1v) is 12.1. The third-order valence-corrected chi connectivity index (χ3v) is 5.98. The molecule has 1 atom stereocenters. The molecule has 0 aliphatic carbocycles. The average Bonchev–Trinajstić information content (AvgIpc) is 3.37. The normalized spacial score (nSPS) is 13.7. The molecule has 0 spiro atoms. The van der Waals surface area contributed by atoms with Crippen molar-refractivity contribution in [2.45, 2.75) is 58.7 Å². The molecule has 0 fully saturated rings. The molecular formula is C27H31N5O4. The number of methoxy groups -OCH3 is 1. The van der Waals surface area contributed by atoms with Crippen LogP contribution in [0.3, 0.4) is 0 Å². The largest absolute Gasteiger partial charge is 0.490 e. The fourth-order valence-electron chi connectivity index (χ4n) is 4.22. The van der Waals surface area contributed by atoms with Gasteiger partial charge in [-0.2, -0.15) is 10.2 Å². The number of aromatic nitrogens is 2. The number of nitriles is 1. The van der Waals surface area contributed by atoms with E-state index in [0.717, 1.165) is 30.6 Å². The summed E-state index contributed by atoms with van der Waals surface area (Å²) in [5.74, 6) is 1.15. The lowest BCUT2D eigenvalue weighted by molar-refractivity contribution is -0.141. The molecule has 2 heterocycles. The van der Waals surface area contributed by atoms with Crippen LogP contribution in [0.25, 0.3) is 11.5 Å². The number of hydrogen-bond donors (Lipinski definition) is 1. The number of anilines is 2. The minimum atomic E-state index is -0.223. The predicted molar refractivity (Wildman–Crippen MR) is 135 cm³/mol. The first-order valence-electron chi connectivity index (χ1n) is 12.1. The molecule has 2 aromatic carbocycles. The van der Waals surface area contributed by atoms with Crippen LogP contribution >= 0.6 is 0 Å². The van der Waals surface area contributed by atoms with Gasteiger partial charge in [-0.05, 0) is 74.2 Å². The van der Waals surface area contributed by atoms with Crippen molar-refractivity contribution < 1.29 is 18.8 Å². The van der Waals surface area contributed by atoms with Crippen molar-refractivity contribution in [2.24, 2.45) is 0 Å². The molecule has 0 radical (unpaired) electrons. The number of ether oxygens (including phenoxy) is 2. The molecule has 0 unspecified atom stereocenters. The second-order valence-electron chi connectivity index (χ2n) is 9.17. The van der Waals surface area contributed by atoms with Gasteiger partial charge < -0.3 is 24.2 Å². The summed E-state index contributed by atoms with van der Waals surface area (Å²) in [5.41, 5.74) is 4.51. The van der Waals surface area contributed by atoms with Crippen molar-refractivity contribution >= 4 is 17.6 Å².